The van der Waals surface area contributed by atoms with Crippen molar-refractivity contribution in [3.05, 3.63) is 71.0 Å². The number of fused-ring (bicyclic) bond motifs is 1. The minimum absolute atomic E-state index is 0.0520. The van der Waals surface area contributed by atoms with Crippen LogP contribution in [0.25, 0.3) is 0 Å². The van der Waals surface area contributed by atoms with Crippen molar-refractivity contribution in [2.45, 2.75) is 46.2 Å². The molecule has 1 aliphatic rings. The Morgan fingerprint density at radius 3 is 2.12 bits per heavy atom. The molecular weight excluding hydrogens is 437 g/mol. The van der Waals surface area contributed by atoms with Gasteiger partial charge in [-0.1, -0.05) is 38.1 Å². The third-order valence-corrected chi connectivity index (χ3v) is 5.77. The fraction of sp³-hybridized carbons (Fsp3) is 0.385. The molecule has 2 aromatic carbocycles. The van der Waals surface area contributed by atoms with Gasteiger partial charge >= 0.3 is 0 Å². The zero-order valence-corrected chi connectivity index (χ0v) is 19.7. The molecule has 8 heteroatoms. The molecular formula is C26H30FN3O4. The zero-order chi connectivity index (χ0) is 24.8. The van der Waals surface area contributed by atoms with Crippen molar-refractivity contribution in [2.75, 3.05) is 13.1 Å². The van der Waals surface area contributed by atoms with E-state index in [4.69, 9.17) is 0 Å². The molecule has 1 N–H and O–H groups in total. The van der Waals surface area contributed by atoms with Gasteiger partial charge in [0.15, 0.2) is 0 Å². The smallest absolute Gasteiger partial charge is 0.261 e. The van der Waals surface area contributed by atoms with Crippen molar-refractivity contribution >= 4 is 23.6 Å². The molecule has 0 saturated heterocycles. The van der Waals surface area contributed by atoms with Gasteiger partial charge in [0.25, 0.3) is 11.8 Å². The highest BCUT2D eigenvalue weighted by Gasteiger charge is 2.35. The Labute approximate surface area is 198 Å². The third-order valence-electron chi connectivity index (χ3n) is 5.77. The number of hydrogen-bond acceptors (Lipinski definition) is 4. The number of benzene rings is 2. The number of imide groups is 1. The van der Waals surface area contributed by atoms with Crippen LogP contribution in [0.2, 0.25) is 0 Å². The standard InChI is InChI=1S/C26H30FN3O4/c1-17(2)15-28-24(32)18(3)30(16-19-10-12-20(27)13-11-19)23(31)9-6-14-29-25(33)21-7-4-5-8-22(21)26(29)34/h4-5,7-8,10-13,17-18H,6,9,14-16H2,1-3H3,(H,28,32). The van der Waals surface area contributed by atoms with Gasteiger partial charge in [-0.05, 0) is 49.1 Å². The maximum Gasteiger partial charge on any atom is 0.261 e. The van der Waals surface area contributed by atoms with E-state index in [1.807, 2.05) is 13.8 Å². The molecule has 1 unspecified atom stereocenters. The minimum Gasteiger partial charge on any atom is -0.354 e. The largest absolute Gasteiger partial charge is 0.354 e. The summed E-state index contributed by atoms with van der Waals surface area (Å²) < 4.78 is 13.3. The summed E-state index contributed by atoms with van der Waals surface area (Å²) in [5, 5.41) is 2.84. The second-order valence-corrected chi connectivity index (χ2v) is 8.87. The molecule has 180 valence electrons. The number of nitrogens with one attached hydrogen (secondary N) is 1. The van der Waals surface area contributed by atoms with Crippen LogP contribution in [0.15, 0.2) is 48.5 Å². The average Bonchev–Trinajstić information content (AvgIpc) is 3.06. The number of halogens is 1. The van der Waals surface area contributed by atoms with Crippen LogP contribution in [0.4, 0.5) is 4.39 Å². The van der Waals surface area contributed by atoms with Crippen molar-refractivity contribution in [3.63, 3.8) is 0 Å². The molecule has 0 aliphatic carbocycles. The van der Waals surface area contributed by atoms with Crippen LogP contribution < -0.4 is 5.32 Å². The molecule has 1 heterocycles. The number of carbonyl (C=O) groups is 4. The second-order valence-electron chi connectivity index (χ2n) is 8.87. The lowest BCUT2D eigenvalue weighted by molar-refractivity contribution is -0.140. The van der Waals surface area contributed by atoms with E-state index in [0.29, 0.717) is 23.2 Å². The summed E-state index contributed by atoms with van der Waals surface area (Å²) in [6, 6.07) is 11.7. The maximum atomic E-state index is 13.3. The zero-order valence-electron chi connectivity index (χ0n) is 19.7. The second kappa shape index (κ2) is 11.0. The van der Waals surface area contributed by atoms with E-state index in [9.17, 15) is 23.6 Å². The summed E-state index contributed by atoms with van der Waals surface area (Å²) in [4.78, 5) is 53.5. The van der Waals surface area contributed by atoms with Crippen LogP contribution in [-0.4, -0.2) is 52.6 Å². The van der Waals surface area contributed by atoms with Crippen molar-refractivity contribution in [1.29, 1.82) is 0 Å². The molecule has 3 rings (SSSR count). The number of hydrogen-bond donors (Lipinski definition) is 1. The summed E-state index contributed by atoms with van der Waals surface area (Å²) in [7, 11) is 0. The number of carbonyl (C=O) groups excluding carboxylic acids is 4. The van der Waals surface area contributed by atoms with E-state index < -0.39 is 6.04 Å². The fourth-order valence-electron chi connectivity index (χ4n) is 3.80. The van der Waals surface area contributed by atoms with E-state index in [2.05, 4.69) is 5.32 Å². The van der Waals surface area contributed by atoms with Gasteiger partial charge in [0, 0.05) is 26.1 Å². The highest BCUT2D eigenvalue weighted by molar-refractivity contribution is 6.21. The normalized spacial score (nSPS) is 13.7. The van der Waals surface area contributed by atoms with E-state index in [1.54, 1.807) is 43.3 Å². The molecule has 1 aliphatic heterocycles. The number of rotatable bonds is 10. The van der Waals surface area contributed by atoms with Crippen molar-refractivity contribution in [1.82, 2.24) is 15.1 Å². The Hall–Kier alpha value is -3.55. The van der Waals surface area contributed by atoms with Gasteiger partial charge in [-0.2, -0.15) is 0 Å². The van der Waals surface area contributed by atoms with Crippen molar-refractivity contribution in [3.8, 4) is 0 Å². The minimum atomic E-state index is -0.740. The summed E-state index contributed by atoms with van der Waals surface area (Å²) >= 11 is 0. The molecule has 1 atom stereocenters. The molecule has 0 radical (unpaired) electrons. The molecule has 4 amide bonds. The van der Waals surface area contributed by atoms with Gasteiger partial charge in [0.1, 0.15) is 11.9 Å². The molecule has 0 saturated carbocycles. The highest BCUT2D eigenvalue weighted by atomic mass is 19.1. The average molecular weight is 468 g/mol. The van der Waals surface area contributed by atoms with E-state index in [-0.39, 0.29) is 61.3 Å². The summed E-state index contributed by atoms with van der Waals surface area (Å²) in [6.07, 6.45) is 0.320. The lowest BCUT2D eigenvalue weighted by Crippen LogP contribution is -2.48. The van der Waals surface area contributed by atoms with Gasteiger partial charge in [0.2, 0.25) is 11.8 Å². The first-order valence-corrected chi connectivity index (χ1v) is 11.5. The molecule has 7 nitrogen and oxygen atoms in total. The molecule has 2 aromatic rings. The summed E-state index contributed by atoms with van der Waals surface area (Å²) in [6.45, 7) is 6.35. The predicted molar refractivity (Wildman–Crippen MR) is 125 cm³/mol. The van der Waals surface area contributed by atoms with E-state index in [1.165, 1.54) is 17.0 Å². The van der Waals surface area contributed by atoms with Crippen LogP contribution >= 0.6 is 0 Å². The monoisotopic (exact) mass is 467 g/mol. The first-order valence-electron chi connectivity index (χ1n) is 11.5. The Morgan fingerprint density at radius 1 is 0.971 bits per heavy atom. The molecule has 0 fully saturated rings. The van der Waals surface area contributed by atoms with Gasteiger partial charge in [-0.25, -0.2) is 4.39 Å². The van der Waals surface area contributed by atoms with Crippen molar-refractivity contribution in [2.24, 2.45) is 5.92 Å². The molecule has 0 spiro atoms. The fourth-order valence-corrected chi connectivity index (χ4v) is 3.80. The summed E-state index contributed by atoms with van der Waals surface area (Å²) in [5.74, 6) is -1.41. The van der Waals surface area contributed by atoms with Gasteiger partial charge in [0.05, 0.1) is 11.1 Å². The summed E-state index contributed by atoms with van der Waals surface area (Å²) in [5.41, 5.74) is 1.43. The molecule has 0 bridgehead atoms. The van der Waals surface area contributed by atoms with Crippen LogP contribution in [-0.2, 0) is 16.1 Å². The third kappa shape index (κ3) is 5.87. The van der Waals surface area contributed by atoms with Crippen LogP contribution in [0.1, 0.15) is 59.9 Å². The van der Waals surface area contributed by atoms with E-state index >= 15 is 0 Å². The topological polar surface area (TPSA) is 86.8 Å². The first-order chi connectivity index (χ1) is 16.2. The number of nitrogens with zero attached hydrogens (tertiary/aromatic N) is 2. The van der Waals surface area contributed by atoms with Crippen LogP contribution in [0.5, 0.6) is 0 Å². The Kier molecular flexibility index (Phi) is 8.15. The Bertz CT molecular complexity index is 1030. The van der Waals surface area contributed by atoms with Gasteiger partial charge < -0.3 is 10.2 Å². The first kappa shape index (κ1) is 25.1. The van der Waals surface area contributed by atoms with Crippen LogP contribution in [0, 0.1) is 11.7 Å². The maximum absolute atomic E-state index is 13.3. The Morgan fingerprint density at radius 2 is 1.56 bits per heavy atom. The Balaban J connectivity index is 1.66. The number of amides is 4. The quantitative estimate of drug-likeness (QED) is 0.543. The lowest BCUT2D eigenvalue weighted by atomic mass is 10.1. The predicted octanol–water partition coefficient (Wildman–Crippen LogP) is 3.39. The van der Waals surface area contributed by atoms with Crippen molar-refractivity contribution < 1.29 is 23.6 Å². The highest BCUT2D eigenvalue weighted by Crippen LogP contribution is 2.23. The SMILES string of the molecule is CC(C)CNC(=O)C(C)N(Cc1ccc(F)cc1)C(=O)CCCN1C(=O)c2ccccc2C1=O. The van der Waals surface area contributed by atoms with Gasteiger partial charge in [-0.3, -0.25) is 24.1 Å². The molecule has 34 heavy (non-hydrogen) atoms. The van der Waals surface area contributed by atoms with Gasteiger partial charge in [-0.15, -0.1) is 0 Å². The molecule has 0 aromatic heterocycles. The lowest BCUT2D eigenvalue weighted by Gasteiger charge is -2.29. The van der Waals surface area contributed by atoms with E-state index in [0.717, 1.165) is 4.90 Å². The van der Waals surface area contributed by atoms with Crippen LogP contribution in [0.3, 0.4) is 0 Å².